The molecule has 0 aromatic heterocycles. The molecule has 1 fully saturated rings. The van der Waals surface area contributed by atoms with Gasteiger partial charge < -0.3 is 49.6 Å². The van der Waals surface area contributed by atoms with Crippen molar-refractivity contribution in [1.82, 2.24) is 0 Å². The van der Waals surface area contributed by atoms with E-state index < -0.39 is 54.4 Å². The second-order valence-electron chi connectivity index (χ2n) is 7.91. The molecule has 0 saturated carbocycles. The number of phenolic OH excluding ortho intramolecular Hbond substituents is 3. The Hall–Kier alpha value is -3.09. The Labute approximate surface area is 188 Å². The van der Waals surface area contributed by atoms with Crippen LogP contribution in [0.3, 0.4) is 0 Å². The number of carbonyl (C=O) groups is 1. The van der Waals surface area contributed by atoms with E-state index in [-0.39, 0.29) is 34.1 Å². The largest absolute Gasteiger partial charge is 0.508 e. The maximum atomic E-state index is 13.4. The molecule has 2 aliphatic rings. The highest BCUT2D eigenvalue weighted by Crippen LogP contribution is 2.44. The van der Waals surface area contributed by atoms with E-state index in [2.05, 4.69) is 0 Å². The van der Waals surface area contributed by atoms with Gasteiger partial charge in [0.15, 0.2) is 30.0 Å². The average molecular weight is 464 g/mol. The van der Waals surface area contributed by atoms with Gasteiger partial charge in [-0.2, -0.15) is 0 Å². The summed E-state index contributed by atoms with van der Waals surface area (Å²) in [5, 5.41) is 60.6. The van der Waals surface area contributed by atoms with Gasteiger partial charge in [0.1, 0.15) is 41.1 Å². The Kier molecular flexibility index (Phi) is 6.08. The molecule has 4 rings (SSSR count). The number of aliphatic hydroxyl groups is 3. The molecule has 2 aromatic carbocycles. The Bertz CT molecular complexity index is 1050. The van der Waals surface area contributed by atoms with Gasteiger partial charge in [0, 0.05) is 12.1 Å². The van der Waals surface area contributed by atoms with Crippen molar-refractivity contribution in [1.29, 1.82) is 0 Å². The standard InChI is InChI=1S/C22H24O11/c1-8-16(26)18(28)19(29)22(31-8)33-21-17(27)15-12(25)6-10(23)7-14(15)32-20(21)9-3-4-13(30-2)11(24)5-9/h3-8,16,18-26,28-29H,1-2H3/t8-,16-,18+,19+,20+,21-,22-/m0/s1. The van der Waals surface area contributed by atoms with Crippen molar-refractivity contribution in [2.24, 2.45) is 0 Å². The SMILES string of the molecule is COc1ccc([C@H]2Oc3cc(O)cc(O)c3C(=O)[C@@H]2O[C@@H]2O[C@@H](C)[C@H](O)[C@@H](O)[C@H]2O)cc1O. The van der Waals surface area contributed by atoms with Crippen LogP contribution in [0.4, 0.5) is 0 Å². The highest BCUT2D eigenvalue weighted by Gasteiger charge is 2.48. The van der Waals surface area contributed by atoms with Gasteiger partial charge in [0.05, 0.1) is 13.2 Å². The molecule has 178 valence electrons. The predicted molar refractivity (Wildman–Crippen MR) is 109 cm³/mol. The van der Waals surface area contributed by atoms with Crippen LogP contribution < -0.4 is 9.47 Å². The lowest BCUT2D eigenvalue weighted by molar-refractivity contribution is -0.304. The van der Waals surface area contributed by atoms with Crippen LogP contribution >= 0.6 is 0 Å². The van der Waals surface area contributed by atoms with Gasteiger partial charge >= 0.3 is 0 Å². The van der Waals surface area contributed by atoms with Crippen LogP contribution in [0, 0.1) is 0 Å². The quantitative estimate of drug-likeness (QED) is 0.368. The van der Waals surface area contributed by atoms with E-state index in [1.54, 1.807) is 0 Å². The second kappa shape index (κ2) is 8.69. The number of methoxy groups -OCH3 is 1. The Balaban J connectivity index is 1.75. The number of fused-ring (bicyclic) bond motifs is 1. The summed E-state index contributed by atoms with van der Waals surface area (Å²) < 4.78 is 22.1. The first-order valence-corrected chi connectivity index (χ1v) is 10.1. The van der Waals surface area contributed by atoms with Crippen molar-refractivity contribution in [3.05, 3.63) is 41.5 Å². The number of phenols is 3. The van der Waals surface area contributed by atoms with Crippen LogP contribution in [0.2, 0.25) is 0 Å². The van der Waals surface area contributed by atoms with Crippen LogP contribution in [0.15, 0.2) is 30.3 Å². The number of aliphatic hydroxyl groups excluding tert-OH is 3. The summed E-state index contributed by atoms with van der Waals surface area (Å²) in [4.78, 5) is 13.4. The van der Waals surface area contributed by atoms with Gasteiger partial charge in [-0.25, -0.2) is 0 Å². The van der Waals surface area contributed by atoms with Gasteiger partial charge in [-0.05, 0) is 24.6 Å². The highest BCUT2D eigenvalue weighted by molar-refractivity contribution is 6.05. The molecular formula is C22H24O11. The first kappa shape index (κ1) is 23.1. The predicted octanol–water partition coefficient (Wildman–Crippen LogP) is 0.341. The van der Waals surface area contributed by atoms with E-state index in [0.29, 0.717) is 0 Å². The number of hydrogen-bond acceptors (Lipinski definition) is 11. The number of rotatable bonds is 4. The molecule has 0 amide bonds. The summed E-state index contributed by atoms with van der Waals surface area (Å²) in [6.07, 6.45) is -9.82. The first-order chi connectivity index (χ1) is 15.6. The third-order valence-corrected chi connectivity index (χ3v) is 5.72. The van der Waals surface area contributed by atoms with E-state index in [4.69, 9.17) is 18.9 Å². The average Bonchev–Trinajstić information content (AvgIpc) is 2.76. The van der Waals surface area contributed by atoms with Gasteiger partial charge in [-0.15, -0.1) is 0 Å². The molecule has 0 spiro atoms. The lowest BCUT2D eigenvalue weighted by Gasteiger charge is -2.42. The van der Waals surface area contributed by atoms with Crippen LogP contribution in [-0.2, 0) is 9.47 Å². The Morgan fingerprint density at radius 2 is 1.67 bits per heavy atom. The summed E-state index contributed by atoms with van der Waals surface area (Å²) in [5.41, 5.74) is 0.0183. The highest BCUT2D eigenvalue weighted by atomic mass is 16.7. The fourth-order valence-corrected chi connectivity index (χ4v) is 3.94. The maximum Gasteiger partial charge on any atom is 0.203 e. The molecule has 1 saturated heterocycles. The topological polar surface area (TPSA) is 175 Å². The zero-order valence-electron chi connectivity index (χ0n) is 17.7. The van der Waals surface area contributed by atoms with E-state index in [9.17, 15) is 35.4 Å². The van der Waals surface area contributed by atoms with Crippen LogP contribution in [-0.4, -0.2) is 80.3 Å². The molecule has 2 heterocycles. The van der Waals surface area contributed by atoms with Crippen molar-refractivity contribution in [3.63, 3.8) is 0 Å². The molecule has 0 radical (unpaired) electrons. The minimum atomic E-state index is -1.69. The molecule has 7 atom stereocenters. The molecule has 11 nitrogen and oxygen atoms in total. The summed E-state index contributed by atoms with van der Waals surface area (Å²) >= 11 is 0. The molecule has 0 aliphatic carbocycles. The zero-order valence-corrected chi connectivity index (χ0v) is 17.7. The van der Waals surface area contributed by atoms with Crippen LogP contribution in [0.1, 0.15) is 28.9 Å². The molecule has 2 aromatic rings. The van der Waals surface area contributed by atoms with Gasteiger partial charge in [-0.1, -0.05) is 6.07 Å². The third-order valence-electron chi connectivity index (χ3n) is 5.72. The summed E-state index contributed by atoms with van der Waals surface area (Å²) in [6.45, 7) is 1.46. The summed E-state index contributed by atoms with van der Waals surface area (Å²) in [7, 11) is 1.37. The monoisotopic (exact) mass is 464 g/mol. The smallest absolute Gasteiger partial charge is 0.203 e. The van der Waals surface area contributed by atoms with Crippen LogP contribution in [0.25, 0.3) is 0 Å². The minimum absolute atomic E-state index is 0.119. The lowest BCUT2D eigenvalue weighted by Crippen LogP contribution is -2.59. The first-order valence-electron chi connectivity index (χ1n) is 10.1. The van der Waals surface area contributed by atoms with Crippen molar-refractivity contribution in [2.45, 2.75) is 49.8 Å². The Morgan fingerprint density at radius 1 is 0.939 bits per heavy atom. The molecule has 33 heavy (non-hydrogen) atoms. The van der Waals surface area contributed by atoms with Crippen molar-refractivity contribution in [3.8, 4) is 28.7 Å². The fraction of sp³-hybridized carbons (Fsp3) is 0.409. The lowest BCUT2D eigenvalue weighted by atomic mass is 9.92. The number of ketones is 1. The van der Waals surface area contributed by atoms with Crippen molar-refractivity contribution < 1.29 is 54.4 Å². The van der Waals surface area contributed by atoms with Crippen LogP contribution in [0.5, 0.6) is 28.7 Å². The number of hydrogen-bond donors (Lipinski definition) is 6. The number of ether oxygens (including phenoxy) is 4. The zero-order chi connectivity index (χ0) is 24.0. The molecule has 6 N–H and O–H groups in total. The molecule has 2 aliphatic heterocycles. The Morgan fingerprint density at radius 3 is 2.33 bits per heavy atom. The number of aromatic hydroxyl groups is 3. The van der Waals surface area contributed by atoms with Crippen molar-refractivity contribution in [2.75, 3.05) is 7.11 Å². The van der Waals surface area contributed by atoms with Gasteiger partial charge in [0.25, 0.3) is 0 Å². The van der Waals surface area contributed by atoms with E-state index >= 15 is 0 Å². The summed E-state index contributed by atoms with van der Waals surface area (Å²) in [6, 6.07) is 6.36. The van der Waals surface area contributed by atoms with Crippen molar-refractivity contribution >= 4 is 5.78 Å². The number of Topliss-reactive ketones (excluding diaryl/α,β-unsaturated/α-hetero) is 1. The number of carbonyl (C=O) groups excluding carboxylic acids is 1. The number of benzene rings is 2. The minimum Gasteiger partial charge on any atom is -0.508 e. The molecular weight excluding hydrogens is 440 g/mol. The van der Waals surface area contributed by atoms with E-state index in [0.717, 1.165) is 12.1 Å². The molecule has 0 unspecified atom stereocenters. The fourth-order valence-electron chi connectivity index (χ4n) is 3.94. The molecule has 11 heteroatoms. The van der Waals surface area contributed by atoms with Gasteiger partial charge in [-0.3, -0.25) is 4.79 Å². The van der Waals surface area contributed by atoms with E-state index in [1.165, 1.54) is 32.2 Å². The van der Waals surface area contributed by atoms with E-state index in [1.807, 2.05) is 0 Å². The maximum absolute atomic E-state index is 13.4. The van der Waals surface area contributed by atoms with Gasteiger partial charge in [0.2, 0.25) is 5.78 Å². The second-order valence-corrected chi connectivity index (χ2v) is 7.91. The third kappa shape index (κ3) is 4.05. The molecule has 0 bridgehead atoms. The summed E-state index contributed by atoms with van der Waals surface area (Å²) in [5.74, 6) is -1.83. The normalized spacial score (nSPS) is 31.5.